The molecule has 1 heterocycles. The number of carbonyl (C=O) groups excluding carboxylic acids is 1. The van der Waals surface area contributed by atoms with Crippen molar-refractivity contribution in [3.63, 3.8) is 0 Å². The normalized spacial score (nSPS) is 11.2. The van der Waals surface area contributed by atoms with Crippen LogP contribution in [0.2, 0.25) is 0 Å². The minimum atomic E-state index is -4.17. The number of halogens is 1. The van der Waals surface area contributed by atoms with E-state index in [1.807, 2.05) is 19.1 Å². The zero-order valence-corrected chi connectivity index (χ0v) is 15.8. The summed E-state index contributed by atoms with van der Waals surface area (Å²) in [5.41, 5.74) is 1.96. The van der Waals surface area contributed by atoms with Gasteiger partial charge in [0.2, 0.25) is 10.0 Å². The summed E-state index contributed by atoms with van der Waals surface area (Å²) >= 11 is 0. The van der Waals surface area contributed by atoms with Crippen LogP contribution in [0.4, 0.5) is 10.1 Å². The lowest BCUT2D eigenvalue weighted by molar-refractivity contribution is 0.102. The number of hydrogen-bond donors (Lipinski definition) is 2. The largest absolute Gasteiger partial charge is 0.322 e. The fourth-order valence-corrected chi connectivity index (χ4v) is 3.61. The lowest BCUT2D eigenvalue weighted by Crippen LogP contribution is -2.25. The van der Waals surface area contributed by atoms with Gasteiger partial charge < -0.3 is 5.32 Å². The molecule has 0 aliphatic rings. The molecular weight excluding hydrogens is 381 g/mol. The van der Waals surface area contributed by atoms with E-state index in [0.29, 0.717) is 11.4 Å². The van der Waals surface area contributed by atoms with E-state index < -0.39 is 26.6 Å². The van der Waals surface area contributed by atoms with Crippen LogP contribution < -0.4 is 10.0 Å². The highest BCUT2D eigenvalue weighted by atomic mass is 32.2. The second kappa shape index (κ2) is 8.28. The van der Waals surface area contributed by atoms with Crippen LogP contribution in [0.5, 0.6) is 0 Å². The van der Waals surface area contributed by atoms with Gasteiger partial charge in [-0.05, 0) is 48.9 Å². The molecule has 0 fully saturated rings. The SMILES string of the molecule is Cc1ccccc1NC(=O)c1ccc(F)c(S(=O)(=O)NCc2ccccn2)c1. The molecule has 0 bridgehead atoms. The Hall–Kier alpha value is -3.10. The molecule has 3 rings (SSSR count). The number of pyridine rings is 1. The van der Waals surface area contributed by atoms with Gasteiger partial charge >= 0.3 is 0 Å². The number of aryl methyl sites for hydroxylation is 1. The van der Waals surface area contributed by atoms with Gasteiger partial charge in [-0.1, -0.05) is 24.3 Å². The first kappa shape index (κ1) is 19.7. The predicted octanol–water partition coefficient (Wildman–Crippen LogP) is 3.26. The number of hydrogen-bond acceptors (Lipinski definition) is 4. The summed E-state index contributed by atoms with van der Waals surface area (Å²) in [4.78, 5) is 15.9. The summed E-state index contributed by atoms with van der Waals surface area (Å²) < 4.78 is 41.5. The summed E-state index contributed by atoms with van der Waals surface area (Å²) in [6.07, 6.45) is 1.53. The van der Waals surface area contributed by atoms with Crippen LogP contribution in [0.25, 0.3) is 0 Å². The van der Waals surface area contributed by atoms with Crippen LogP contribution in [0.1, 0.15) is 21.6 Å². The van der Waals surface area contributed by atoms with Gasteiger partial charge in [-0.15, -0.1) is 0 Å². The molecule has 0 aliphatic carbocycles. The molecule has 28 heavy (non-hydrogen) atoms. The maximum absolute atomic E-state index is 14.2. The Labute approximate surface area is 162 Å². The Morgan fingerprint density at radius 1 is 1.07 bits per heavy atom. The van der Waals surface area contributed by atoms with Crippen molar-refractivity contribution in [3.8, 4) is 0 Å². The highest BCUT2D eigenvalue weighted by Gasteiger charge is 2.21. The van der Waals surface area contributed by atoms with Gasteiger partial charge in [0.15, 0.2) is 0 Å². The second-order valence-corrected chi connectivity index (χ2v) is 7.80. The van der Waals surface area contributed by atoms with Crippen molar-refractivity contribution in [1.82, 2.24) is 9.71 Å². The first-order valence-electron chi connectivity index (χ1n) is 8.43. The van der Waals surface area contributed by atoms with Crippen molar-refractivity contribution in [2.24, 2.45) is 0 Å². The van der Waals surface area contributed by atoms with E-state index in [2.05, 4.69) is 15.0 Å². The third-order valence-electron chi connectivity index (χ3n) is 4.05. The third kappa shape index (κ3) is 4.59. The van der Waals surface area contributed by atoms with Crippen LogP contribution in [-0.2, 0) is 16.6 Å². The van der Waals surface area contributed by atoms with Crippen molar-refractivity contribution < 1.29 is 17.6 Å². The fourth-order valence-electron chi connectivity index (χ4n) is 2.51. The number of nitrogens with one attached hydrogen (secondary N) is 2. The molecule has 2 aromatic carbocycles. The average molecular weight is 399 g/mol. The van der Waals surface area contributed by atoms with Crippen LogP contribution in [0.15, 0.2) is 71.8 Å². The van der Waals surface area contributed by atoms with Gasteiger partial charge in [0, 0.05) is 17.4 Å². The zero-order valence-electron chi connectivity index (χ0n) is 15.0. The lowest BCUT2D eigenvalue weighted by atomic mass is 10.1. The van der Waals surface area contributed by atoms with Gasteiger partial charge in [0.25, 0.3) is 5.91 Å². The van der Waals surface area contributed by atoms with Crippen LogP contribution in [0.3, 0.4) is 0 Å². The highest BCUT2D eigenvalue weighted by molar-refractivity contribution is 7.89. The standard InChI is InChI=1S/C20H18FN3O3S/c1-14-6-2-3-8-18(14)24-20(25)15-9-10-17(21)19(12-15)28(26,27)23-13-16-7-4-5-11-22-16/h2-12,23H,13H2,1H3,(H,24,25). The molecular formula is C20H18FN3O3S. The van der Waals surface area contributed by atoms with Gasteiger partial charge in [0.05, 0.1) is 12.2 Å². The first-order valence-corrected chi connectivity index (χ1v) is 9.91. The molecule has 0 spiro atoms. The van der Waals surface area contributed by atoms with E-state index in [4.69, 9.17) is 0 Å². The number of para-hydroxylation sites is 1. The molecule has 0 saturated carbocycles. The maximum Gasteiger partial charge on any atom is 0.255 e. The number of rotatable bonds is 6. The van der Waals surface area contributed by atoms with E-state index in [1.54, 1.807) is 30.3 Å². The quantitative estimate of drug-likeness (QED) is 0.666. The molecule has 0 unspecified atom stereocenters. The van der Waals surface area contributed by atoms with Crippen molar-refractivity contribution in [2.45, 2.75) is 18.4 Å². The van der Waals surface area contributed by atoms with Gasteiger partial charge in [-0.2, -0.15) is 0 Å². The minimum Gasteiger partial charge on any atom is -0.322 e. The molecule has 144 valence electrons. The predicted molar refractivity (Wildman–Crippen MR) is 104 cm³/mol. The van der Waals surface area contributed by atoms with Gasteiger partial charge in [-0.25, -0.2) is 17.5 Å². The third-order valence-corrected chi connectivity index (χ3v) is 5.46. The number of anilines is 1. The van der Waals surface area contributed by atoms with Crippen molar-refractivity contribution >= 4 is 21.6 Å². The summed E-state index contributed by atoms with van der Waals surface area (Å²) in [6, 6.07) is 15.4. The molecule has 0 atom stereocenters. The number of carbonyl (C=O) groups is 1. The van der Waals surface area contributed by atoms with E-state index in [1.165, 1.54) is 12.3 Å². The topological polar surface area (TPSA) is 88.2 Å². The Morgan fingerprint density at radius 3 is 2.54 bits per heavy atom. The molecule has 0 aliphatic heterocycles. The van der Waals surface area contributed by atoms with Crippen LogP contribution in [0, 0.1) is 12.7 Å². The molecule has 1 amide bonds. The van der Waals surface area contributed by atoms with E-state index in [-0.39, 0.29) is 12.1 Å². The summed E-state index contributed by atoms with van der Waals surface area (Å²) in [7, 11) is -4.17. The Kier molecular flexibility index (Phi) is 5.81. The summed E-state index contributed by atoms with van der Waals surface area (Å²) in [5.74, 6) is -1.48. The molecule has 0 radical (unpaired) electrons. The molecule has 6 nitrogen and oxygen atoms in total. The molecule has 2 N–H and O–H groups in total. The Bertz CT molecular complexity index is 1100. The molecule has 0 saturated heterocycles. The smallest absolute Gasteiger partial charge is 0.255 e. The minimum absolute atomic E-state index is 0.0304. The first-order chi connectivity index (χ1) is 13.4. The number of amides is 1. The number of sulfonamides is 1. The van der Waals surface area contributed by atoms with E-state index in [9.17, 15) is 17.6 Å². The monoisotopic (exact) mass is 399 g/mol. The highest BCUT2D eigenvalue weighted by Crippen LogP contribution is 2.19. The Morgan fingerprint density at radius 2 is 1.82 bits per heavy atom. The van der Waals surface area contributed by atoms with Crippen molar-refractivity contribution in [2.75, 3.05) is 5.32 Å². The number of benzene rings is 2. The zero-order chi connectivity index (χ0) is 20.1. The van der Waals surface area contributed by atoms with Crippen LogP contribution in [-0.4, -0.2) is 19.3 Å². The van der Waals surface area contributed by atoms with Crippen molar-refractivity contribution in [3.05, 3.63) is 89.5 Å². The number of aromatic nitrogens is 1. The average Bonchev–Trinajstić information content (AvgIpc) is 2.69. The molecule has 8 heteroatoms. The second-order valence-electron chi connectivity index (χ2n) is 6.06. The molecule has 1 aromatic heterocycles. The van der Waals surface area contributed by atoms with Crippen LogP contribution >= 0.6 is 0 Å². The molecule has 3 aromatic rings. The fraction of sp³-hybridized carbons (Fsp3) is 0.100. The lowest BCUT2D eigenvalue weighted by Gasteiger charge is -2.11. The van der Waals surface area contributed by atoms with E-state index >= 15 is 0 Å². The number of nitrogens with zero attached hydrogens (tertiary/aromatic N) is 1. The summed E-state index contributed by atoms with van der Waals surface area (Å²) in [6.45, 7) is 1.74. The van der Waals surface area contributed by atoms with Gasteiger partial charge in [-0.3, -0.25) is 9.78 Å². The maximum atomic E-state index is 14.2. The van der Waals surface area contributed by atoms with Gasteiger partial charge in [0.1, 0.15) is 10.7 Å². The Balaban J connectivity index is 1.82. The van der Waals surface area contributed by atoms with E-state index in [0.717, 1.165) is 17.7 Å². The summed E-state index contributed by atoms with van der Waals surface area (Å²) in [5, 5.41) is 2.70. The van der Waals surface area contributed by atoms with Crippen molar-refractivity contribution in [1.29, 1.82) is 0 Å².